The zero-order chi connectivity index (χ0) is 24.1. The van der Waals surface area contributed by atoms with E-state index in [1.54, 1.807) is 25.1 Å². The van der Waals surface area contributed by atoms with E-state index in [1.807, 2.05) is 31.2 Å². The molecule has 1 amide bonds. The number of aryl methyl sites for hydroxylation is 2. The Morgan fingerprint density at radius 3 is 2.47 bits per heavy atom. The van der Waals surface area contributed by atoms with Crippen LogP contribution in [0.4, 0.5) is 14.6 Å². The van der Waals surface area contributed by atoms with Crippen LogP contribution in [-0.2, 0) is 6.54 Å². The van der Waals surface area contributed by atoms with Crippen molar-refractivity contribution in [1.82, 2.24) is 15.5 Å². The number of aromatic nitrogens is 2. The van der Waals surface area contributed by atoms with Crippen molar-refractivity contribution in [3.63, 3.8) is 0 Å². The summed E-state index contributed by atoms with van der Waals surface area (Å²) >= 11 is 0. The van der Waals surface area contributed by atoms with Gasteiger partial charge in [0, 0.05) is 23.7 Å². The zero-order valence-electron chi connectivity index (χ0n) is 18.7. The second-order valence-corrected chi connectivity index (χ2v) is 7.81. The molecule has 0 aliphatic carbocycles. The van der Waals surface area contributed by atoms with Gasteiger partial charge in [-0.05, 0) is 73.0 Å². The van der Waals surface area contributed by atoms with Crippen molar-refractivity contribution < 1.29 is 13.6 Å². The average Bonchev–Trinajstić information content (AvgIpc) is 3.29. The van der Waals surface area contributed by atoms with Crippen molar-refractivity contribution in [3.8, 4) is 11.3 Å². The molecule has 0 aliphatic rings. The molecule has 4 rings (SSSR count). The minimum absolute atomic E-state index is 0.199. The molecular weight excluding hydrogens is 436 g/mol. The number of aromatic amines is 1. The van der Waals surface area contributed by atoms with Crippen LogP contribution in [0.3, 0.4) is 0 Å². The van der Waals surface area contributed by atoms with Gasteiger partial charge in [-0.1, -0.05) is 24.3 Å². The van der Waals surface area contributed by atoms with E-state index in [1.165, 1.54) is 30.3 Å². The predicted octanol–water partition coefficient (Wildman–Crippen LogP) is 5.37. The summed E-state index contributed by atoms with van der Waals surface area (Å²) < 4.78 is 26.8. The Balaban J connectivity index is 1.58. The van der Waals surface area contributed by atoms with E-state index in [2.05, 4.69) is 25.8 Å². The summed E-state index contributed by atoms with van der Waals surface area (Å²) in [4.78, 5) is 17.0. The van der Waals surface area contributed by atoms with Crippen molar-refractivity contribution in [3.05, 3.63) is 107 Å². The van der Waals surface area contributed by atoms with Gasteiger partial charge in [0.1, 0.15) is 17.5 Å². The Labute approximate surface area is 195 Å². The third-order valence-corrected chi connectivity index (χ3v) is 5.30. The topological polar surface area (TPSA) is 82.2 Å². The molecule has 0 radical (unpaired) electrons. The molecule has 34 heavy (non-hydrogen) atoms. The Hall–Kier alpha value is -4.33. The third kappa shape index (κ3) is 5.53. The molecule has 0 aliphatic heterocycles. The molecule has 0 atom stereocenters. The second kappa shape index (κ2) is 10.1. The molecule has 0 bridgehead atoms. The minimum atomic E-state index is -0.527. The molecule has 3 aromatic carbocycles. The number of hydrogen-bond donors (Lipinski definition) is 3. The van der Waals surface area contributed by atoms with Crippen LogP contribution in [0, 0.1) is 25.5 Å². The molecular formula is C26H23F2N5O. The van der Waals surface area contributed by atoms with Crippen LogP contribution in [0.15, 0.2) is 77.8 Å². The average molecular weight is 460 g/mol. The molecule has 0 fully saturated rings. The largest absolute Gasteiger partial charge is 0.352 e. The number of carbonyl (C=O) groups excluding carboxylic acids is 1. The summed E-state index contributed by atoms with van der Waals surface area (Å²) in [6.07, 6.45) is 0. The highest BCUT2D eigenvalue weighted by Crippen LogP contribution is 2.20. The number of rotatable bonds is 5. The lowest BCUT2D eigenvalue weighted by molar-refractivity contribution is 0.100. The van der Waals surface area contributed by atoms with Gasteiger partial charge in [-0.15, -0.1) is 0 Å². The highest BCUT2D eigenvalue weighted by molar-refractivity contribution is 6.06. The lowest BCUT2D eigenvalue weighted by Gasteiger charge is -2.12. The Kier molecular flexibility index (Phi) is 6.77. The lowest BCUT2D eigenvalue weighted by atomic mass is 10.1. The fourth-order valence-electron chi connectivity index (χ4n) is 3.32. The van der Waals surface area contributed by atoms with Crippen LogP contribution in [0.1, 0.15) is 27.0 Å². The van der Waals surface area contributed by atoms with Crippen molar-refractivity contribution >= 4 is 17.7 Å². The first kappa shape index (κ1) is 22.8. The second-order valence-electron chi connectivity index (χ2n) is 7.81. The molecule has 6 nitrogen and oxygen atoms in total. The SMILES string of the molecule is Cc1cc(C(=O)/N=C(/NCc2ccccc2C)Nc2cc(-c3ccc(F)cc3)n[nH]2)ccc1F. The van der Waals surface area contributed by atoms with E-state index in [0.717, 1.165) is 16.7 Å². The van der Waals surface area contributed by atoms with E-state index in [-0.39, 0.29) is 23.2 Å². The fourth-order valence-corrected chi connectivity index (χ4v) is 3.32. The standard InChI is InChI=1S/C26H23F2N5O/c1-16-5-3-4-6-20(16)15-29-26(31-25(34)19-9-12-22(28)17(2)13-19)30-24-14-23(32-33-24)18-7-10-21(27)11-8-18/h3-14H,15H2,1-2H3,(H3,29,30,31,32,33,34). The van der Waals surface area contributed by atoms with Crippen LogP contribution < -0.4 is 10.6 Å². The van der Waals surface area contributed by atoms with Gasteiger partial charge in [0.15, 0.2) is 0 Å². The molecule has 3 N–H and O–H groups in total. The number of nitrogens with zero attached hydrogens (tertiary/aromatic N) is 2. The summed E-state index contributed by atoms with van der Waals surface area (Å²) in [5, 5.41) is 13.3. The Bertz CT molecular complexity index is 1350. The number of nitrogens with one attached hydrogen (secondary N) is 3. The van der Waals surface area contributed by atoms with Crippen LogP contribution >= 0.6 is 0 Å². The van der Waals surface area contributed by atoms with Gasteiger partial charge >= 0.3 is 0 Å². The summed E-state index contributed by atoms with van der Waals surface area (Å²) in [5.41, 5.74) is 4.10. The zero-order valence-corrected chi connectivity index (χ0v) is 18.7. The van der Waals surface area contributed by atoms with E-state index < -0.39 is 5.91 Å². The van der Waals surface area contributed by atoms with Gasteiger partial charge in [-0.2, -0.15) is 10.1 Å². The van der Waals surface area contributed by atoms with Crippen molar-refractivity contribution in [1.29, 1.82) is 0 Å². The van der Waals surface area contributed by atoms with Crippen LogP contribution in [-0.4, -0.2) is 22.1 Å². The number of hydrogen-bond acceptors (Lipinski definition) is 2. The van der Waals surface area contributed by atoms with E-state index in [9.17, 15) is 13.6 Å². The maximum atomic E-state index is 13.6. The molecule has 8 heteroatoms. The van der Waals surface area contributed by atoms with Crippen LogP contribution in [0.5, 0.6) is 0 Å². The van der Waals surface area contributed by atoms with E-state index >= 15 is 0 Å². The highest BCUT2D eigenvalue weighted by atomic mass is 19.1. The summed E-state index contributed by atoms with van der Waals surface area (Å²) in [5.74, 6) is -0.562. The van der Waals surface area contributed by atoms with Crippen LogP contribution in [0.2, 0.25) is 0 Å². The number of H-pyrrole nitrogens is 1. The molecule has 0 saturated carbocycles. The first-order valence-corrected chi connectivity index (χ1v) is 10.6. The number of halogens is 2. The fraction of sp³-hybridized carbons (Fsp3) is 0.115. The maximum Gasteiger partial charge on any atom is 0.280 e. The third-order valence-electron chi connectivity index (χ3n) is 5.30. The molecule has 172 valence electrons. The Morgan fingerprint density at radius 1 is 0.971 bits per heavy atom. The normalized spacial score (nSPS) is 11.4. The molecule has 0 saturated heterocycles. The number of guanidine groups is 1. The Morgan fingerprint density at radius 2 is 1.74 bits per heavy atom. The molecule has 0 spiro atoms. The van der Waals surface area contributed by atoms with Gasteiger partial charge in [-0.25, -0.2) is 8.78 Å². The predicted molar refractivity (Wildman–Crippen MR) is 129 cm³/mol. The number of anilines is 1. The first-order chi connectivity index (χ1) is 16.4. The van der Waals surface area contributed by atoms with E-state index in [0.29, 0.717) is 23.6 Å². The maximum absolute atomic E-state index is 13.6. The first-order valence-electron chi connectivity index (χ1n) is 10.6. The summed E-state index contributed by atoms with van der Waals surface area (Å²) in [7, 11) is 0. The van der Waals surface area contributed by atoms with Gasteiger partial charge in [0.2, 0.25) is 5.96 Å². The van der Waals surface area contributed by atoms with Gasteiger partial charge in [0.25, 0.3) is 5.91 Å². The number of amides is 1. The highest BCUT2D eigenvalue weighted by Gasteiger charge is 2.12. The van der Waals surface area contributed by atoms with Gasteiger partial charge in [0.05, 0.1) is 5.69 Å². The monoisotopic (exact) mass is 459 g/mol. The quantitative estimate of drug-likeness (QED) is 0.277. The number of carbonyl (C=O) groups is 1. The van der Waals surface area contributed by atoms with E-state index in [4.69, 9.17) is 0 Å². The molecule has 4 aromatic rings. The number of aliphatic imine (C=N–C) groups is 1. The van der Waals surface area contributed by atoms with Crippen molar-refractivity contribution in [2.24, 2.45) is 4.99 Å². The lowest BCUT2D eigenvalue weighted by Crippen LogP contribution is -2.31. The smallest absolute Gasteiger partial charge is 0.280 e. The van der Waals surface area contributed by atoms with Crippen molar-refractivity contribution in [2.45, 2.75) is 20.4 Å². The van der Waals surface area contributed by atoms with Crippen LogP contribution in [0.25, 0.3) is 11.3 Å². The minimum Gasteiger partial charge on any atom is -0.352 e. The molecule has 0 unspecified atom stereocenters. The van der Waals surface area contributed by atoms with Gasteiger partial charge < -0.3 is 10.6 Å². The van der Waals surface area contributed by atoms with Crippen molar-refractivity contribution in [2.75, 3.05) is 5.32 Å². The molecule has 1 aromatic heterocycles. The summed E-state index contributed by atoms with van der Waals surface area (Å²) in [6, 6.07) is 19.7. The number of benzene rings is 3. The summed E-state index contributed by atoms with van der Waals surface area (Å²) in [6.45, 7) is 4.01. The molecule has 1 heterocycles. The van der Waals surface area contributed by atoms with Gasteiger partial charge in [-0.3, -0.25) is 9.89 Å².